The van der Waals surface area contributed by atoms with Crippen LogP contribution in [-0.4, -0.2) is 11.5 Å². The second-order valence-corrected chi connectivity index (χ2v) is 5.08. The molecular formula is C17H24N2. The highest BCUT2D eigenvalue weighted by Gasteiger charge is 2.00. The minimum atomic E-state index is 1.04. The fraction of sp³-hybridized carbons (Fsp3) is 0.471. The molecule has 0 saturated carbocycles. The maximum absolute atomic E-state index is 4.46. The first kappa shape index (κ1) is 13.9. The van der Waals surface area contributed by atoms with Crippen LogP contribution in [0.25, 0.3) is 10.9 Å². The predicted octanol–water partition coefficient (Wildman–Crippen LogP) is 5.01. The molecule has 2 rings (SSSR count). The Morgan fingerprint density at radius 3 is 2.63 bits per heavy atom. The lowest BCUT2D eigenvalue weighted by molar-refractivity contribution is 0.617. The average Bonchev–Trinajstić information content (AvgIpc) is 2.46. The van der Waals surface area contributed by atoms with Gasteiger partial charge in [-0.3, -0.25) is 4.98 Å². The molecule has 0 bridgehead atoms. The molecule has 0 saturated heterocycles. The van der Waals surface area contributed by atoms with Crippen LogP contribution in [0.3, 0.4) is 0 Å². The highest BCUT2D eigenvalue weighted by molar-refractivity contribution is 5.90. The topological polar surface area (TPSA) is 24.9 Å². The van der Waals surface area contributed by atoms with E-state index in [4.69, 9.17) is 0 Å². The van der Waals surface area contributed by atoms with Crippen molar-refractivity contribution in [3.05, 3.63) is 36.5 Å². The molecule has 2 aromatic rings. The summed E-state index contributed by atoms with van der Waals surface area (Å²) in [5, 5.41) is 4.72. The van der Waals surface area contributed by atoms with E-state index in [2.05, 4.69) is 41.5 Å². The monoisotopic (exact) mass is 256 g/mol. The molecule has 0 fully saturated rings. The Morgan fingerprint density at radius 1 is 0.947 bits per heavy atom. The summed E-state index contributed by atoms with van der Waals surface area (Å²) in [6.45, 7) is 3.30. The van der Waals surface area contributed by atoms with Crippen LogP contribution in [-0.2, 0) is 0 Å². The smallest absolute Gasteiger partial charge is 0.0933 e. The van der Waals surface area contributed by atoms with Crippen LogP contribution >= 0.6 is 0 Å². The number of hydrogen-bond donors (Lipinski definition) is 1. The van der Waals surface area contributed by atoms with Gasteiger partial charge in [0.15, 0.2) is 0 Å². The van der Waals surface area contributed by atoms with Crippen LogP contribution < -0.4 is 5.32 Å². The number of hydrogen-bond acceptors (Lipinski definition) is 2. The second-order valence-electron chi connectivity index (χ2n) is 5.08. The van der Waals surface area contributed by atoms with E-state index in [0.717, 1.165) is 17.7 Å². The van der Waals surface area contributed by atoms with Gasteiger partial charge in [0.05, 0.1) is 11.2 Å². The van der Waals surface area contributed by atoms with Gasteiger partial charge in [0.2, 0.25) is 0 Å². The fourth-order valence-electron chi connectivity index (χ4n) is 2.38. The van der Waals surface area contributed by atoms with Crippen LogP contribution in [0.15, 0.2) is 36.5 Å². The summed E-state index contributed by atoms with van der Waals surface area (Å²) in [6.07, 6.45) is 9.87. The van der Waals surface area contributed by atoms with Crippen LogP contribution in [0.4, 0.5) is 5.69 Å². The zero-order chi connectivity index (χ0) is 13.3. The second kappa shape index (κ2) is 7.78. The first-order valence-corrected chi connectivity index (χ1v) is 7.49. The van der Waals surface area contributed by atoms with Crippen LogP contribution in [0.2, 0.25) is 0 Å². The van der Waals surface area contributed by atoms with E-state index in [0.29, 0.717) is 0 Å². The number of aromatic nitrogens is 1. The van der Waals surface area contributed by atoms with E-state index in [1.807, 2.05) is 12.3 Å². The maximum Gasteiger partial charge on any atom is 0.0933 e. The maximum atomic E-state index is 4.46. The molecule has 0 aliphatic heterocycles. The van der Waals surface area contributed by atoms with Gasteiger partial charge in [-0.2, -0.15) is 0 Å². The molecule has 0 unspecified atom stereocenters. The van der Waals surface area contributed by atoms with Gasteiger partial charge in [0, 0.05) is 18.1 Å². The van der Waals surface area contributed by atoms with Gasteiger partial charge in [-0.25, -0.2) is 0 Å². The summed E-state index contributed by atoms with van der Waals surface area (Å²) >= 11 is 0. The SMILES string of the molecule is CCCCCCCCNc1cccc2cccnc12. The molecule has 2 nitrogen and oxygen atoms in total. The van der Waals surface area contributed by atoms with Crippen molar-refractivity contribution < 1.29 is 0 Å². The Kier molecular flexibility index (Phi) is 5.67. The third-order valence-electron chi connectivity index (χ3n) is 3.48. The summed E-state index contributed by atoms with van der Waals surface area (Å²) in [6, 6.07) is 10.4. The van der Waals surface area contributed by atoms with Crippen molar-refractivity contribution >= 4 is 16.6 Å². The number of fused-ring (bicyclic) bond motifs is 1. The zero-order valence-electron chi connectivity index (χ0n) is 11.9. The number of rotatable bonds is 8. The van der Waals surface area contributed by atoms with E-state index in [-0.39, 0.29) is 0 Å². The van der Waals surface area contributed by atoms with E-state index >= 15 is 0 Å². The molecule has 1 heterocycles. The highest BCUT2D eigenvalue weighted by atomic mass is 14.9. The molecule has 1 aromatic heterocycles. The predicted molar refractivity (Wildman–Crippen MR) is 83.6 cm³/mol. The van der Waals surface area contributed by atoms with Crippen molar-refractivity contribution in [2.45, 2.75) is 45.4 Å². The highest BCUT2D eigenvalue weighted by Crippen LogP contribution is 2.20. The summed E-state index contributed by atoms with van der Waals surface area (Å²) in [7, 11) is 0. The first-order valence-electron chi connectivity index (χ1n) is 7.49. The van der Waals surface area contributed by atoms with E-state index in [1.165, 1.54) is 43.9 Å². The number of benzene rings is 1. The van der Waals surface area contributed by atoms with Gasteiger partial charge in [-0.05, 0) is 18.6 Å². The van der Waals surface area contributed by atoms with Gasteiger partial charge in [-0.1, -0.05) is 57.2 Å². The molecule has 102 valence electrons. The summed E-state index contributed by atoms with van der Waals surface area (Å²) < 4.78 is 0. The van der Waals surface area contributed by atoms with E-state index in [1.54, 1.807) is 0 Å². The quantitative estimate of drug-likeness (QED) is 0.672. The molecule has 0 aliphatic rings. The Labute approximate surface area is 116 Å². The van der Waals surface area contributed by atoms with Gasteiger partial charge < -0.3 is 5.32 Å². The van der Waals surface area contributed by atoms with Crippen molar-refractivity contribution in [2.75, 3.05) is 11.9 Å². The molecule has 0 aliphatic carbocycles. The molecule has 0 atom stereocenters. The number of anilines is 1. The fourth-order valence-corrected chi connectivity index (χ4v) is 2.38. The largest absolute Gasteiger partial charge is 0.383 e. The van der Waals surface area contributed by atoms with Crippen LogP contribution in [0.5, 0.6) is 0 Å². The first-order chi connectivity index (χ1) is 9.42. The van der Waals surface area contributed by atoms with Crippen molar-refractivity contribution in [1.29, 1.82) is 0 Å². The number of nitrogens with zero attached hydrogens (tertiary/aromatic N) is 1. The minimum absolute atomic E-state index is 1.04. The van der Waals surface area contributed by atoms with Gasteiger partial charge in [0.1, 0.15) is 0 Å². The number of unbranched alkanes of at least 4 members (excludes halogenated alkanes) is 5. The molecule has 1 aromatic carbocycles. The average molecular weight is 256 g/mol. The standard InChI is InChI=1S/C17H24N2/c1-2-3-4-5-6-7-13-18-16-12-8-10-15-11-9-14-19-17(15)16/h8-12,14,18H,2-7,13H2,1H3. The van der Waals surface area contributed by atoms with Crippen LogP contribution in [0, 0.1) is 0 Å². The van der Waals surface area contributed by atoms with E-state index < -0.39 is 0 Å². The minimum Gasteiger partial charge on any atom is -0.383 e. The molecular weight excluding hydrogens is 232 g/mol. The van der Waals surface area contributed by atoms with Crippen molar-refractivity contribution in [2.24, 2.45) is 0 Å². The lowest BCUT2D eigenvalue weighted by Gasteiger charge is -2.08. The third-order valence-corrected chi connectivity index (χ3v) is 3.48. The van der Waals surface area contributed by atoms with E-state index in [9.17, 15) is 0 Å². The summed E-state index contributed by atoms with van der Waals surface area (Å²) in [5.41, 5.74) is 2.24. The Morgan fingerprint density at radius 2 is 1.74 bits per heavy atom. The molecule has 19 heavy (non-hydrogen) atoms. The zero-order valence-corrected chi connectivity index (χ0v) is 11.9. The lowest BCUT2D eigenvalue weighted by Crippen LogP contribution is -2.02. The summed E-state index contributed by atoms with van der Waals surface area (Å²) in [4.78, 5) is 4.46. The number of pyridine rings is 1. The molecule has 2 heteroatoms. The molecule has 0 spiro atoms. The molecule has 1 N–H and O–H groups in total. The van der Waals surface area contributed by atoms with Crippen molar-refractivity contribution in [1.82, 2.24) is 4.98 Å². The van der Waals surface area contributed by atoms with Crippen LogP contribution in [0.1, 0.15) is 45.4 Å². The molecule has 0 radical (unpaired) electrons. The van der Waals surface area contributed by atoms with Gasteiger partial charge in [0.25, 0.3) is 0 Å². The van der Waals surface area contributed by atoms with Gasteiger partial charge in [-0.15, -0.1) is 0 Å². The lowest BCUT2D eigenvalue weighted by atomic mass is 10.1. The van der Waals surface area contributed by atoms with Crippen molar-refractivity contribution in [3.8, 4) is 0 Å². The van der Waals surface area contributed by atoms with Crippen molar-refractivity contribution in [3.63, 3.8) is 0 Å². The number of nitrogens with one attached hydrogen (secondary N) is 1. The third kappa shape index (κ3) is 4.23. The normalized spacial score (nSPS) is 10.8. The molecule has 0 amide bonds. The van der Waals surface area contributed by atoms with Gasteiger partial charge >= 0.3 is 0 Å². The Balaban J connectivity index is 1.78. The summed E-state index contributed by atoms with van der Waals surface area (Å²) in [5.74, 6) is 0. The Bertz CT molecular complexity index is 488. The Hall–Kier alpha value is -1.57. The number of para-hydroxylation sites is 1.